The number of oxime groups is 1. The summed E-state index contributed by atoms with van der Waals surface area (Å²) >= 11 is 0. The predicted octanol–water partition coefficient (Wildman–Crippen LogP) is 2.34. The Hall–Kier alpha value is -2.50. The van der Waals surface area contributed by atoms with Gasteiger partial charge < -0.3 is 20.1 Å². The molecule has 0 fully saturated rings. The van der Waals surface area contributed by atoms with Crippen molar-refractivity contribution >= 4 is 5.84 Å². The van der Waals surface area contributed by atoms with Crippen LogP contribution in [0.25, 0.3) is 11.5 Å². The van der Waals surface area contributed by atoms with E-state index in [2.05, 4.69) is 10.1 Å². The van der Waals surface area contributed by atoms with Crippen LogP contribution >= 0.6 is 0 Å². The number of hydrogen-bond donors (Lipinski definition) is 2. The molecule has 0 aliphatic carbocycles. The number of nitrogens with zero attached hydrogens (tertiary/aromatic N) is 2. The Labute approximate surface area is 116 Å². The molecule has 0 unspecified atom stereocenters. The molecule has 2 rings (SSSR count). The Morgan fingerprint density at radius 3 is 2.90 bits per heavy atom. The van der Waals surface area contributed by atoms with Gasteiger partial charge in [-0.25, -0.2) is 4.98 Å². The molecule has 1 heterocycles. The number of nitrogens with two attached hydrogens (primary N) is 1. The molecule has 0 atom stereocenters. The van der Waals surface area contributed by atoms with Gasteiger partial charge in [-0.15, -0.1) is 0 Å². The number of para-hydroxylation sites is 1. The van der Waals surface area contributed by atoms with Gasteiger partial charge in [0.05, 0.1) is 24.3 Å². The second-order valence-electron chi connectivity index (χ2n) is 4.22. The second kappa shape index (κ2) is 6.10. The third-order valence-electron chi connectivity index (χ3n) is 2.79. The molecule has 0 saturated carbocycles. The molecule has 1 aromatic carbocycles. The van der Waals surface area contributed by atoms with Gasteiger partial charge in [0.1, 0.15) is 17.3 Å². The Morgan fingerprint density at radius 2 is 2.20 bits per heavy atom. The third kappa shape index (κ3) is 2.90. The van der Waals surface area contributed by atoms with Crippen LogP contribution in [0.5, 0.6) is 5.75 Å². The molecule has 6 heteroatoms. The molecule has 0 amide bonds. The number of benzene rings is 1. The van der Waals surface area contributed by atoms with E-state index in [1.807, 2.05) is 31.2 Å². The average Bonchev–Trinajstić information content (AvgIpc) is 2.81. The lowest BCUT2D eigenvalue weighted by Gasteiger charge is -2.06. The smallest absolute Gasteiger partial charge is 0.230 e. The number of ether oxygens (including phenoxy) is 1. The molecule has 0 bridgehead atoms. The summed E-state index contributed by atoms with van der Waals surface area (Å²) < 4.78 is 11.2. The largest absolute Gasteiger partial charge is 0.493 e. The molecule has 0 aliphatic heterocycles. The molecule has 106 valence electrons. The monoisotopic (exact) mass is 275 g/mol. The van der Waals surface area contributed by atoms with E-state index in [1.54, 1.807) is 6.92 Å². The van der Waals surface area contributed by atoms with Crippen molar-refractivity contribution in [3.63, 3.8) is 0 Å². The highest BCUT2D eigenvalue weighted by molar-refractivity contribution is 5.82. The minimum Gasteiger partial charge on any atom is -0.493 e. The first-order valence-corrected chi connectivity index (χ1v) is 6.30. The van der Waals surface area contributed by atoms with Crippen LogP contribution in [0.1, 0.15) is 18.4 Å². The van der Waals surface area contributed by atoms with Gasteiger partial charge in [0.15, 0.2) is 0 Å². The molecule has 0 radical (unpaired) electrons. The number of amidine groups is 1. The van der Waals surface area contributed by atoms with E-state index in [1.165, 1.54) is 0 Å². The highest BCUT2D eigenvalue weighted by Gasteiger charge is 2.15. The molecule has 3 N–H and O–H groups in total. The van der Waals surface area contributed by atoms with Crippen molar-refractivity contribution in [3.05, 3.63) is 35.7 Å². The van der Waals surface area contributed by atoms with Crippen molar-refractivity contribution in [2.45, 2.75) is 20.3 Å². The van der Waals surface area contributed by atoms with Gasteiger partial charge in [-0.2, -0.15) is 0 Å². The molecule has 20 heavy (non-hydrogen) atoms. The summed E-state index contributed by atoms with van der Waals surface area (Å²) in [5, 5.41) is 11.6. The van der Waals surface area contributed by atoms with Crippen LogP contribution in [-0.2, 0) is 6.42 Å². The van der Waals surface area contributed by atoms with Crippen molar-refractivity contribution in [2.24, 2.45) is 10.9 Å². The van der Waals surface area contributed by atoms with Crippen LogP contribution in [0.15, 0.2) is 33.8 Å². The summed E-state index contributed by atoms with van der Waals surface area (Å²) in [5.74, 6) is 1.91. The number of oxazole rings is 1. The summed E-state index contributed by atoms with van der Waals surface area (Å²) in [4.78, 5) is 4.39. The lowest BCUT2D eigenvalue weighted by Crippen LogP contribution is -2.15. The summed E-state index contributed by atoms with van der Waals surface area (Å²) in [5.41, 5.74) is 6.91. The first-order valence-electron chi connectivity index (χ1n) is 6.30. The van der Waals surface area contributed by atoms with E-state index >= 15 is 0 Å². The zero-order valence-electron chi connectivity index (χ0n) is 11.5. The second-order valence-corrected chi connectivity index (χ2v) is 4.22. The molecule has 6 nitrogen and oxygen atoms in total. The van der Waals surface area contributed by atoms with Gasteiger partial charge >= 0.3 is 0 Å². The summed E-state index contributed by atoms with van der Waals surface area (Å²) in [6.07, 6.45) is 0.239. The van der Waals surface area contributed by atoms with Crippen LogP contribution in [0.4, 0.5) is 0 Å². The van der Waals surface area contributed by atoms with Crippen LogP contribution in [-0.4, -0.2) is 22.6 Å². The zero-order valence-corrected chi connectivity index (χ0v) is 11.5. The predicted molar refractivity (Wildman–Crippen MR) is 75.0 cm³/mol. The van der Waals surface area contributed by atoms with E-state index < -0.39 is 0 Å². The first kappa shape index (κ1) is 13.9. The summed E-state index contributed by atoms with van der Waals surface area (Å²) in [6.45, 7) is 4.27. The highest BCUT2D eigenvalue weighted by atomic mass is 16.5. The summed E-state index contributed by atoms with van der Waals surface area (Å²) in [7, 11) is 0. The maximum Gasteiger partial charge on any atom is 0.230 e. The molecule has 0 spiro atoms. The van der Waals surface area contributed by atoms with Gasteiger partial charge in [-0.1, -0.05) is 17.3 Å². The van der Waals surface area contributed by atoms with Gasteiger partial charge in [-0.05, 0) is 26.0 Å². The van der Waals surface area contributed by atoms with Crippen LogP contribution in [0, 0.1) is 6.92 Å². The maximum atomic E-state index is 8.61. The van der Waals surface area contributed by atoms with Crippen LogP contribution in [0.2, 0.25) is 0 Å². The van der Waals surface area contributed by atoms with Crippen molar-refractivity contribution in [3.8, 4) is 17.2 Å². The Kier molecular flexibility index (Phi) is 4.24. The van der Waals surface area contributed by atoms with Crippen molar-refractivity contribution < 1.29 is 14.4 Å². The highest BCUT2D eigenvalue weighted by Crippen LogP contribution is 2.30. The quantitative estimate of drug-likeness (QED) is 0.378. The average molecular weight is 275 g/mol. The molecule has 1 aromatic heterocycles. The normalized spacial score (nSPS) is 11.6. The van der Waals surface area contributed by atoms with E-state index in [9.17, 15) is 0 Å². The Morgan fingerprint density at radius 1 is 1.45 bits per heavy atom. The van der Waals surface area contributed by atoms with Crippen LogP contribution < -0.4 is 10.5 Å². The van der Waals surface area contributed by atoms with Gasteiger partial charge in [0.25, 0.3) is 0 Å². The minimum absolute atomic E-state index is 0.0889. The number of rotatable bonds is 5. The number of aromatic nitrogens is 1. The molecule has 0 aliphatic rings. The Balaban J connectivity index is 2.37. The standard InChI is InChI=1S/C14H17N3O3/c1-3-19-12-7-5-4-6-10(12)14-16-11(9(2)20-14)8-13(15)17-18/h4-7,18H,3,8H2,1-2H3,(H2,15,17). The van der Waals surface area contributed by atoms with E-state index in [0.29, 0.717) is 29.7 Å². The van der Waals surface area contributed by atoms with E-state index in [4.69, 9.17) is 20.1 Å². The topological polar surface area (TPSA) is 93.9 Å². The first-order chi connectivity index (χ1) is 9.65. The number of hydrogen-bond acceptors (Lipinski definition) is 5. The third-order valence-corrected chi connectivity index (χ3v) is 2.79. The lowest BCUT2D eigenvalue weighted by atomic mass is 10.2. The van der Waals surface area contributed by atoms with Gasteiger partial charge in [0, 0.05) is 0 Å². The fourth-order valence-corrected chi connectivity index (χ4v) is 1.84. The lowest BCUT2D eigenvalue weighted by molar-refractivity contribution is 0.317. The molecular formula is C14H17N3O3. The van der Waals surface area contributed by atoms with E-state index in [-0.39, 0.29) is 12.3 Å². The maximum absolute atomic E-state index is 8.61. The minimum atomic E-state index is 0.0889. The zero-order chi connectivity index (χ0) is 14.5. The fourth-order valence-electron chi connectivity index (χ4n) is 1.84. The summed E-state index contributed by atoms with van der Waals surface area (Å²) in [6, 6.07) is 7.52. The van der Waals surface area contributed by atoms with Crippen LogP contribution in [0.3, 0.4) is 0 Å². The molecule has 0 saturated heterocycles. The number of aryl methyl sites for hydroxylation is 1. The Bertz CT molecular complexity index is 620. The molecule has 2 aromatic rings. The van der Waals surface area contributed by atoms with Crippen molar-refractivity contribution in [1.82, 2.24) is 4.98 Å². The van der Waals surface area contributed by atoms with Crippen molar-refractivity contribution in [1.29, 1.82) is 0 Å². The SMILES string of the molecule is CCOc1ccccc1-c1nc(CC(N)=NO)c(C)o1. The molecular weight excluding hydrogens is 258 g/mol. The fraction of sp³-hybridized carbons (Fsp3) is 0.286. The van der Waals surface area contributed by atoms with Gasteiger partial charge in [0.2, 0.25) is 5.89 Å². The van der Waals surface area contributed by atoms with Crippen molar-refractivity contribution in [2.75, 3.05) is 6.61 Å². The van der Waals surface area contributed by atoms with E-state index in [0.717, 1.165) is 5.56 Å². The van der Waals surface area contributed by atoms with Gasteiger partial charge in [-0.3, -0.25) is 0 Å².